The number of nitrogens with one attached hydrogen (secondary N) is 2. The number of amides is 1. The predicted molar refractivity (Wildman–Crippen MR) is 93.8 cm³/mol. The second kappa shape index (κ2) is 6.63. The third kappa shape index (κ3) is 3.53. The standard InChI is InChI=1S/C16H17N5O3S/c17-9-20-25(23,24)12-3-1-10(2-4-12)13-5-6-19-16-14(13)7-11(21-16)8-15(18)22/h1-7,20H,8-9,17H2,(H2,18,22)(H,19,21). The van der Waals surface area contributed by atoms with Gasteiger partial charge in [0, 0.05) is 17.3 Å². The van der Waals surface area contributed by atoms with Gasteiger partial charge in [-0.15, -0.1) is 0 Å². The summed E-state index contributed by atoms with van der Waals surface area (Å²) in [6, 6.07) is 10.1. The van der Waals surface area contributed by atoms with Gasteiger partial charge >= 0.3 is 0 Å². The number of rotatable bonds is 6. The molecule has 0 aliphatic rings. The molecule has 0 saturated heterocycles. The van der Waals surface area contributed by atoms with Gasteiger partial charge in [-0.05, 0) is 35.4 Å². The molecule has 8 nitrogen and oxygen atoms in total. The minimum absolute atomic E-state index is 0.0950. The number of benzene rings is 1. The summed E-state index contributed by atoms with van der Waals surface area (Å²) in [6.45, 7) is -0.166. The maximum absolute atomic E-state index is 11.9. The number of nitrogens with zero attached hydrogens (tertiary/aromatic N) is 1. The van der Waals surface area contributed by atoms with Gasteiger partial charge in [0.25, 0.3) is 0 Å². The highest BCUT2D eigenvalue weighted by Crippen LogP contribution is 2.29. The van der Waals surface area contributed by atoms with Crippen LogP contribution in [0.15, 0.2) is 47.5 Å². The van der Waals surface area contributed by atoms with Gasteiger partial charge in [-0.3, -0.25) is 4.79 Å². The average Bonchev–Trinajstić information content (AvgIpc) is 2.96. The van der Waals surface area contributed by atoms with Gasteiger partial charge in [0.15, 0.2) is 0 Å². The fourth-order valence-corrected chi connectivity index (χ4v) is 3.50. The number of carbonyl (C=O) groups is 1. The summed E-state index contributed by atoms with van der Waals surface area (Å²) in [4.78, 5) is 18.5. The molecule has 2 aromatic heterocycles. The van der Waals surface area contributed by atoms with Crippen molar-refractivity contribution in [1.82, 2.24) is 14.7 Å². The lowest BCUT2D eigenvalue weighted by Gasteiger charge is -2.07. The van der Waals surface area contributed by atoms with Crippen molar-refractivity contribution in [3.8, 4) is 11.1 Å². The molecule has 2 heterocycles. The SMILES string of the molecule is NCNS(=O)(=O)c1ccc(-c2ccnc3[nH]c(CC(N)=O)cc23)cc1. The molecule has 25 heavy (non-hydrogen) atoms. The van der Waals surface area contributed by atoms with E-state index in [1.165, 1.54) is 12.1 Å². The third-order valence-electron chi connectivity index (χ3n) is 3.70. The average molecular weight is 359 g/mol. The monoisotopic (exact) mass is 359 g/mol. The lowest BCUT2D eigenvalue weighted by atomic mass is 10.0. The fraction of sp³-hybridized carbons (Fsp3) is 0.125. The van der Waals surface area contributed by atoms with Crippen LogP contribution in [0.4, 0.5) is 0 Å². The van der Waals surface area contributed by atoms with Crippen molar-refractivity contribution in [3.05, 3.63) is 48.3 Å². The summed E-state index contributed by atoms with van der Waals surface area (Å²) in [5, 5.41) is 0.828. The number of aromatic nitrogens is 2. The zero-order chi connectivity index (χ0) is 18.0. The Morgan fingerprint density at radius 2 is 1.92 bits per heavy atom. The molecule has 0 unspecified atom stereocenters. The number of hydrogen-bond donors (Lipinski definition) is 4. The van der Waals surface area contributed by atoms with Crippen molar-refractivity contribution in [2.45, 2.75) is 11.3 Å². The van der Waals surface area contributed by atoms with E-state index in [1.807, 2.05) is 12.1 Å². The van der Waals surface area contributed by atoms with Crippen LogP contribution in [0.5, 0.6) is 0 Å². The highest BCUT2D eigenvalue weighted by Gasteiger charge is 2.14. The zero-order valence-electron chi connectivity index (χ0n) is 13.2. The summed E-state index contributed by atoms with van der Waals surface area (Å²) in [6.07, 6.45) is 1.74. The van der Waals surface area contributed by atoms with Crippen LogP contribution in [0.25, 0.3) is 22.2 Å². The maximum atomic E-state index is 11.9. The molecule has 1 amide bonds. The molecule has 0 fully saturated rings. The summed E-state index contributed by atoms with van der Waals surface area (Å²) < 4.78 is 26.1. The van der Waals surface area contributed by atoms with Crippen LogP contribution in [-0.2, 0) is 21.2 Å². The van der Waals surface area contributed by atoms with Crippen molar-refractivity contribution in [1.29, 1.82) is 0 Å². The molecule has 0 aliphatic carbocycles. The normalized spacial score (nSPS) is 11.7. The number of primary amides is 1. The van der Waals surface area contributed by atoms with Gasteiger partial charge in [0.1, 0.15) is 5.65 Å². The van der Waals surface area contributed by atoms with E-state index in [0.717, 1.165) is 16.5 Å². The van der Waals surface area contributed by atoms with E-state index in [2.05, 4.69) is 14.7 Å². The number of sulfonamides is 1. The van der Waals surface area contributed by atoms with Crippen LogP contribution < -0.4 is 16.2 Å². The van der Waals surface area contributed by atoms with E-state index in [0.29, 0.717) is 11.3 Å². The van der Waals surface area contributed by atoms with Gasteiger partial charge in [0.2, 0.25) is 15.9 Å². The fourth-order valence-electron chi connectivity index (χ4n) is 2.62. The molecule has 0 bridgehead atoms. The number of aromatic amines is 1. The van der Waals surface area contributed by atoms with Crippen LogP contribution in [0.2, 0.25) is 0 Å². The van der Waals surface area contributed by atoms with Gasteiger partial charge in [-0.1, -0.05) is 12.1 Å². The van der Waals surface area contributed by atoms with Gasteiger partial charge < -0.3 is 16.5 Å². The first-order valence-electron chi connectivity index (χ1n) is 7.46. The minimum atomic E-state index is -3.61. The van der Waals surface area contributed by atoms with Gasteiger partial charge in [-0.25, -0.2) is 13.4 Å². The number of nitrogens with two attached hydrogens (primary N) is 2. The molecular formula is C16H17N5O3S. The Balaban J connectivity index is 2.02. The summed E-state index contributed by atoms with van der Waals surface area (Å²) >= 11 is 0. The van der Waals surface area contributed by atoms with Gasteiger partial charge in [0.05, 0.1) is 18.0 Å². The number of pyridine rings is 1. The number of H-pyrrole nitrogens is 1. The molecule has 1 aromatic carbocycles. The van der Waals surface area contributed by atoms with E-state index in [4.69, 9.17) is 11.5 Å². The number of hydrogen-bond acceptors (Lipinski definition) is 5. The first kappa shape index (κ1) is 17.1. The largest absolute Gasteiger partial charge is 0.369 e. The molecule has 3 aromatic rings. The topological polar surface area (TPSA) is 144 Å². The maximum Gasteiger partial charge on any atom is 0.241 e. The molecule has 0 radical (unpaired) electrons. The second-order valence-corrected chi connectivity index (χ2v) is 7.20. The van der Waals surface area contributed by atoms with Crippen molar-refractivity contribution in [2.24, 2.45) is 11.5 Å². The molecule has 0 aliphatic heterocycles. The van der Waals surface area contributed by atoms with Crippen molar-refractivity contribution < 1.29 is 13.2 Å². The number of carbonyl (C=O) groups excluding carboxylic acids is 1. The Labute approximate surface area is 144 Å². The summed E-state index contributed by atoms with van der Waals surface area (Å²) in [7, 11) is -3.61. The summed E-state index contributed by atoms with van der Waals surface area (Å²) in [5.74, 6) is -0.435. The molecule has 3 rings (SSSR count). The molecular weight excluding hydrogens is 342 g/mol. The lowest BCUT2D eigenvalue weighted by Crippen LogP contribution is -2.29. The smallest absolute Gasteiger partial charge is 0.241 e. The van der Waals surface area contributed by atoms with E-state index in [1.54, 1.807) is 18.3 Å². The zero-order valence-corrected chi connectivity index (χ0v) is 14.0. The number of fused-ring (bicyclic) bond motifs is 1. The molecule has 0 spiro atoms. The van der Waals surface area contributed by atoms with Crippen LogP contribution in [0.1, 0.15) is 5.69 Å². The van der Waals surface area contributed by atoms with Crippen LogP contribution in [0.3, 0.4) is 0 Å². The van der Waals surface area contributed by atoms with Crippen molar-refractivity contribution in [3.63, 3.8) is 0 Å². The molecule has 0 atom stereocenters. The highest BCUT2D eigenvalue weighted by molar-refractivity contribution is 7.89. The van der Waals surface area contributed by atoms with Crippen molar-refractivity contribution in [2.75, 3.05) is 6.67 Å². The first-order chi connectivity index (χ1) is 11.9. The van der Waals surface area contributed by atoms with Gasteiger partial charge in [-0.2, -0.15) is 4.72 Å². The Kier molecular flexibility index (Phi) is 4.53. The van der Waals surface area contributed by atoms with Crippen molar-refractivity contribution >= 4 is 27.0 Å². The Morgan fingerprint density at radius 1 is 1.20 bits per heavy atom. The lowest BCUT2D eigenvalue weighted by molar-refractivity contribution is -0.117. The highest BCUT2D eigenvalue weighted by atomic mass is 32.2. The Hall–Kier alpha value is -2.75. The molecule has 130 valence electrons. The molecule has 0 saturated carbocycles. The van der Waals surface area contributed by atoms with Crippen LogP contribution in [-0.4, -0.2) is 31.0 Å². The third-order valence-corrected chi connectivity index (χ3v) is 5.14. The van der Waals surface area contributed by atoms with Crippen LogP contribution >= 0.6 is 0 Å². The minimum Gasteiger partial charge on any atom is -0.369 e. The van der Waals surface area contributed by atoms with E-state index >= 15 is 0 Å². The van der Waals surface area contributed by atoms with Crippen LogP contribution in [0, 0.1) is 0 Å². The molecule has 9 heteroatoms. The predicted octanol–water partition coefficient (Wildman–Crippen LogP) is 0.452. The van der Waals surface area contributed by atoms with E-state index in [9.17, 15) is 13.2 Å². The quantitative estimate of drug-likeness (QED) is 0.472. The summed E-state index contributed by atoms with van der Waals surface area (Å²) in [5.41, 5.74) is 13.5. The first-order valence-corrected chi connectivity index (χ1v) is 8.94. The van der Waals surface area contributed by atoms with E-state index in [-0.39, 0.29) is 18.0 Å². The van der Waals surface area contributed by atoms with E-state index < -0.39 is 15.9 Å². The molecule has 6 N–H and O–H groups in total. The Morgan fingerprint density at radius 3 is 2.56 bits per heavy atom. The second-order valence-electron chi connectivity index (χ2n) is 5.43. The Bertz CT molecular complexity index is 1030.